The molecule has 0 radical (unpaired) electrons. The van der Waals surface area contributed by atoms with Crippen LogP contribution in [0.1, 0.15) is 357 Å². The Hall–Kier alpha value is -2.46. The number of aliphatic hydroxyl groups excluding tert-OH is 1. The van der Waals surface area contributed by atoms with Gasteiger partial charge in [-0.15, -0.1) is 0 Å². The van der Waals surface area contributed by atoms with E-state index >= 15 is 0 Å². The fraction of sp³-hybridized carbons (Fsp3) is 0.893. The number of phosphoric ester groups is 2. The summed E-state index contributed by atoms with van der Waals surface area (Å²) in [5, 5.41) is 10.6. The Bertz CT molecular complexity index is 1930. The zero-order valence-corrected chi connectivity index (χ0v) is 62.7. The highest BCUT2D eigenvalue weighted by atomic mass is 31.2. The Morgan fingerprint density at radius 1 is 0.330 bits per heavy atom. The molecule has 0 rings (SSSR count). The van der Waals surface area contributed by atoms with E-state index in [1.807, 2.05) is 0 Å². The first-order valence-corrected chi connectivity index (χ1v) is 41.2. The SMILES string of the molecule is CCCCCC/C=C\C=C/CCCCCCCC(=O)O[C@H](COC(=O)CCCCCCCCCCCCCCCCCC(C)C)COP(=O)(O)OCC(O)COP(=O)(O)OC[C@@H](COC(=O)CCCCCCCCCCC(C)C)OC(=O)CCCCCCCCCC(C)C. The third kappa shape index (κ3) is 68.1. The van der Waals surface area contributed by atoms with Gasteiger partial charge in [-0.25, -0.2) is 9.13 Å². The number of hydrogen-bond donors (Lipinski definition) is 3. The van der Waals surface area contributed by atoms with E-state index < -0.39 is 97.5 Å². The van der Waals surface area contributed by atoms with Gasteiger partial charge in [-0.2, -0.15) is 0 Å². The van der Waals surface area contributed by atoms with Crippen LogP contribution in [0, 0.1) is 17.8 Å². The van der Waals surface area contributed by atoms with Crippen LogP contribution in [0.2, 0.25) is 0 Å². The maximum atomic E-state index is 13.1. The maximum absolute atomic E-state index is 13.1. The molecule has 0 saturated carbocycles. The van der Waals surface area contributed by atoms with Gasteiger partial charge < -0.3 is 33.8 Å². The first-order chi connectivity index (χ1) is 45.2. The molecule has 0 aliphatic carbocycles. The lowest BCUT2D eigenvalue weighted by atomic mass is 10.0. The summed E-state index contributed by atoms with van der Waals surface area (Å²) in [6.07, 6.45) is 53.7. The first-order valence-electron chi connectivity index (χ1n) is 38.2. The van der Waals surface area contributed by atoms with E-state index in [1.54, 1.807) is 0 Å². The molecule has 0 spiro atoms. The van der Waals surface area contributed by atoms with Crippen LogP contribution in [0.3, 0.4) is 0 Å². The summed E-state index contributed by atoms with van der Waals surface area (Å²) in [4.78, 5) is 72.7. The molecule has 94 heavy (non-hydrogen) atoms. The molecule has 0 bridgehead atoms. The van der Waals surface area contributed by atoms with Crippen LogP contribution in [-0.4, -0.2) is 96.7 Å². The molecule has 19 heteroatoms. The lowest BCUT2D eigenvalue weighted by molar-refractivity contribution is -0.161. The van der Waals surface area contributed by atoms with Crippen molar-refractivity contribution in [3.05, 3.63) is 24.3 Å². The summed E-state index contributed by atoms with van der Waals surface area (Å²) in [5.74, 6) is 0.0700. The van der Waals surface area contributed by atoms with E-state index in [0.29, 0.717) is 31.6 Å². The van der Waals surface area contributed by atoms with E-state index in [0.717, 1.165) is 115 Å². The molecule has 0 aromatic rings. The largest absolute Gasteiger partial charge is 0.472 e. The number of aliphatic hydroxyl groups is 1. The van der Waals surface area contributed by atoms with Crippen molar-refractivity contribution in [3.63, 3.8) is 0 Å². The highest BCUT2D eigenvalue weighted by Gasteiger charge is 2.30. The number of carbonyl (C=O) groups is 4. The van der Waals surface area contributed by atoms with Crippen molar-refractivity contribution < 1.29 is 80.2 Å². The van der Waals surface area contributed by atoms with E-state index in [-0.39, 0.29) is 25.7 Å². The van der Waals surface area contributed by atoms with Gasteiger partial charge >= 0.3 is 39.5 Å². The van der Waals surface area contributed by atoms with Crippen LogP contribution >= 0.6 is 15.6 Å². The Morgan fingerprint density at radius 3 is 0.862 bits per heavy atom. The Balaban J connectivity index is 5.26. The van der Waals surface area contributed by atoms with Gasteiger partial charge in [0.05, 0.1) is 26.4 Å². The van der Waals surface area contributed by atoms with Crippen molar-refractivity contribution in [3.8, 4) is 0 Å². The number of ether oxygens (including phenoxy) is 4. The second-order valence-corrected chi connectivity index (χ2v) is 30.7. The predicted octanol–water partition coefficient (Wildman–Crippen LogP) is 21.3. The number of rotatable bonds is 71. The highest BCUT2D eigenvalue weighted by molar-refractivity contribution is 7.47. The van der Waals surface area contributed by atoms with Gasteiger partial charge in [0, 0.05) is 25.7 Å². The van der Waals surface area contributed by atoms with Crippen molar-refractivity contribution in [2.45, 2.75) is 375 Å². The minimum absolute atomic E-state index is 0.0848. The molecule has 0 aromatic heterocycles. The first kappa shape index (κ1) is 91.5. The molecule has 0 aliphatic rings. The third-order valence-corrected chi connectivity index (χ3v) is 18.7. The lowest BCUT2D eigenvalue weighted by Gasteiger charge is -2.21. The number of unbranched alkanes of at least 4 members (excludes halogenated alkanes) is 36. The summed E-state index contributed by atoms with van der Waals surface area (Å²) in [6.45, 7) is 11.7. The molecule has 0 amide bonds. The van der Waals surface area contributed by atoms with Gasteiger partial charge in [-0.1, -0.05) is 304 Å². The van der Waals surface area contributed by atoms with Crippen molar-refractivity contribution in [1.29, 1.82) is 0 Å². The summed E-state index contributed by atoms with van der Waals surface area (Å²) < 4.78 is 68.4. The molecule has 0 fully saturated rings. The van der Waals surface area contributed by atoms with E-state index in [1.165, 1.54) is 154 Å². The molecule has 3 unspecified atom stereocenters. The maximum Gasteiger partial charge on any atom is 0.472 e. The number of carbonyl (C=O) groups excluding carboxylic acids is 4. The molecule has 0 aromatic carbocycles. The Morgan fingerprint density at radius 2 is 0.574 bits per heavy atom. The zero-order valence-electron chi connectivity index (χ0n) is 60.9. The minimum atomic E-state index is -4.97. The standard InChI is InChI=1S/C75H142O17P2/c1-8-9-10-11-12-13-14-15-17-22-25-28-37-44-51-58-74(79)91-70(62-85-72(77)56-49-42-35-27-24-21-19-16-18-20-23-26-32-39-46-53-66(2)3)64-89-93(81,82)87-60-69(76)61-88-94(83,84)90-65-71(92-75(80)59-52-45-38-31-34-41-48-55-68(6)7)63-86-73(78)57-50-43-36-30-29-33-40-47-54-67(4)5/h13-15,17,66-71,76H,8-12,16,18-65H2,1-7H3,(H,81,82)(H,83,84)/b14-13-,17-15-/t69?,70-,71-/m1/s1. The molecule has 3 N–H and O–H groups in total. The second-order valence-electron chi connectivity index (χ2n) is 27.8. The fourth-order valence-electron chi connectivity index (χ4n) is 10.9. The molecular weight excluding hydrogens is 1230 g/mol. The van der Waals surface area contributed by atoms with Crippen molar-refractivity contribution in [2.24, 2.45) is 17.8 Å². The van der Waals surface area contributed by atoms with E-state index in [2.05, 4.69) is 72.8 Å². The van der Waals surface area contributed by atoms with Crippen LogP contribution in [0.15, 0.2) is 24.3 Å². The summed E-state index contributed by atoms with van der Waals surface area (Å²) in [5.41, 5.74) is 0. The average Bonchev–Trinajstić information content (AvgIpc) is 1.69. The molecule has 17 nitrogen and oxygen atoms in total. The third-order valence-electron chi connectivity index (χ3n) is 16.8. The van der Waals surface area contributed by atoms with Crippen molar-refractivity contribution in [2.75, 3.05) is 39.6 Å². The van der Waals surface area contributed by atoms with Crippen LogP contribution < -0.4 is 0 Å². The number of esters is 4. The molecule has 0 aliphatic heterocycles. The van der Waals surface area contributed by atoms with Gasteiger partial charge in [0.2, 0.25) is 0 Å². The number of allylic oxidation sites excluding steroid dienone is 4. The van der Waals surface area contributed by atoms with Crippen molar-refractivity contribution >= 4 is 39.5 Å². The Labute approximate surface area is 573 Å². The average molecular weight is 1380 g/mol. The summed E-state index contributed by atoms with van der Waals surface area (Å²) >= 11 is 0. The number of hydrogen-bond acceptors (Lipinski definition) is 15. The quantitative estimate of drug-likeness (QED) is 0.0169. The van der Waals surface area contributed by atoms with E-state index in [4.69, 9.17) is 37.0 Å². The van der Waals surface area contributed by atoms with Gasteiger partial charge in [-0.05, 0) is 69.1 Å². The molecule has 0 heterocycles. The van der Waals surface area contributed by atoms with Crippen LogP contribution in [0.25, 0.3) is 0 Å². The van der Waals surface area contributed by atoms with Gasteiger partial charge in [0.25, 0.3) is 0 Å². The van der Waals surface area contributed by atoms with Crippen LogP contribution in [-0.2, 0) is 65.4 Å². The smallest absolute Gasteiger partial charge is 0.462 e. The summed E-state index contributed by atoms with van der Waals surface area (Å²) in [7, 11) is -9.92. The second kappa shape index (κ2) is 65.2. The van der Waals surface area contributed by atoms with Crippen molar-refractivity contribution in [1.82, 2.24) is 0 Å². The zero-order chi connectivity index (χ0) is 69.4. The highest BCUT2D eigenvalue weighted by Crippen LogP contribution is 2.45. The molecule has 554 valence electrons. The monoisotopic (exact) mass is 1380 g/mol. The summed E-state index contributed by atoms with van der Waals surface area (Å²) in [6, 6.07) is 0. The van der Waals surface area contributed by atoms with Crippen LogP contribution in [0.4, 0.5) is 0 Å². The normalized spacial score (nSPS) is 14.3. The van der Waals surface area contributed by atoms with Gasteiger partial charge in [0.15, 0.2) is 12.2 Å². The predicted molar refractivity (Wildman–Crippen MR) is 381 cm³/mol. The Kier molecular flexibility index (Phi) is 63.5. The minimum Gasteiger partial charge on any atom is -0.462 e. The van der Waals surface area contributed by atoms with Crippen LogP contribution in [0.5, 0.6) is 0 Å². The van der Waals surface area contributed by atoms with E-state index in [9.17, 15) is 43.2 Å². The lowest BCUT2D eigenvalue weighted by Crippen LogP contribution is -2.30. The molecular formula is C75H142O17P2. The molecule has 5 atom stereocenters. The topological polar surface area (TPSA) is 237 Å². The number of phosphoric acid groups is 2. The fourth-order valence-corrected chi connectivity index (χ4v) is 12.5. The van der Waals surface area contributed by atoms with Gasteiger partial charge in [-0.3, -0.25) is 37.3 Å². The van der Waals surface area contributed by atoms with Gasteiger partial charge in [0.1, 0.15) is 19.3 Å². The molecule has 0 saturated heterocycles.